The number of ether oxygens (including phenoxy) is 1. The molecule has 1 aliphatic rings. The zero-order valence-electron chi connectivity index (χ0n) is 14.8. The van der Waals surface area contributed by atoms with Gasteiger partial charge in [-0.2, -0.15) is 0 Å². The average Bonchev–Trinajstić information content (AvgIpc) is 3.20. The van der Waals surface area contributed by atoms with Crippen LogP contribution in [-0.2, 0) is 16.0 Å². The minimum Gasteiger partial charge on any atom is -0.493 e. The van der Waals surface area contributed by atoms with Crippen LogP contribution in [0.25, 0.3) is 0 Å². The lowest BCUT2D eigenvalue weighted by molar-refractivity contribution is -0.139. The van der Waals surface area contributed by atoms with Crippen LogP contribution in [0, 0.1) is 0 Å². The summed E-state index contributed by atoms with van der Waals surface area (Å²) in [6.45, 7) is 2.70. The predicted molar refractivity (Wildman–Crippen MR) is 96.7 cm³/mol. The first kappa shape index (κ1) is 18.0. The molecule has 3 rings (SSSR count). The smallest absolute Gasteiger partial charge is 0.226 e. The van der Waals surface area contributed by atoms with Crippen LogP contribution >= 0.6 is 0 Å². The van der Waals surface area contributed by atoms with Gasteiger partial charge in [-0.15, -0.1) is 0 Å². The number of nitrogens with zero attached hydrogens (tertiary/aromatic N) is 2. The highest BCUT2D eigenvalue weighted by Crippen LogP contribution is 2.11. The Morgan fingerprint density at radius 2 is 1.54 bits per heavy atom. The van der Waals surface area contributed by atoms with E-state index < -0.39 is 0 Å². The first-order chi connectivity index (χ1) is 12.7. The molecule has 2 amide bonds. The Balaban J connectivity index is 1.34. The number of hydrogen-bond donors (Lipinski definition) is 0. The van der Waals surface area contributed by atoms with Crippen molar-refractivity contribution in [1.29, 1.82) is 0 Å². The van der Waals surface area contributed by atoms with Crippen molar-refractivity contribution in [3.63, 3.8) is 0 Å². The standard InChI is InChI=1S/C20H24N2O4/c23-19(9-8-18-7-4-15-25-18)21-11-13-22(14-12-21)20(24)10-16-26-17-5-2-1-3-6-17/h1-7,15H,8-14,16H2. The van der Waals surface area contributed by atoms with Gasteiger partial charge in [0.2, 0.25) is 11.8 Å². The minimum absolute atomic E-state index is 0.0728. The molecule has 1 aliphatic heterocycles. The first-order valence-electron chi connectivity index (χ1n) is 8.98. The Hall–Kier alpha value is -2.76. The molecule has 1 saturated heterocycles. The van der Waals surface area contributed by atoms with E-state index >= 15 is 0 Å². The summed E-state index contributed by atoms with van der Waals surface area (Å²) in [5.41, 5.74) is 0. The van der Waals surface area contributed by atoms with Crippen molar-refractivity contribution >= 4 is 11.8 Å². The zero-order valence-corrected chi connectivity index (χ0v) is 14.8. The molecule has 2 aromatic rings. The highest BCUT2D eigenvalue weighted by Gasteiger charge is 2.23. The number of para-hydroxylation sites is 1. The van der Waals surface area contributed by atoms with Crippen molar-refractivity contribution in [3.8, 4) is 5.75 Å². The van der Waals surface area contributed by atoms with Crippen molar-refractivity contribution < 1.29 is 18.7 Å². The van der Waals surface area contributed by atoms with Gasteiger partial charge in [-0.25, -0.2) is 0 Å². The summed E-state index contributed by atoms with van der Waals surface area (Å²) >= 11 is 0. The lowest BCUT2D eigenvalue weighted by Gasteiger charge is -2.34. The molecule has 0 aliphatic carbocycles. The third-order valence-electron chi connectivity index (χ3n) is 4.48. The summed E-state index contributed by atoms with van der Waals surface area (Å²) < 4.78 is 10.8. The molecule has 0 atom stereocenters. The fourth-order valence-corrected chi connectivity index (χ4v) is 2.98. The van der Waals surface area contributed by atoms with Crippen LogP contribution in [-0.4, -0.2) is 54.4 Å². The number of benzene rings is 1. The number of aryl methyl sites for hydroxylation is 1. The van der Waals surface area contributed by atoms with Gasteiger partial charge in [0.1, 0.15) is 11.5 Å². The van der Waals surface area contributed by atoms with Gasteiger partial charge in [0.15, 0.2) is 0 Å². The molecule has 26 heavy (non-hydrogen) atoms. The molecule has 0 bridgehead atoms. The lowest BCUT2D eigenvalue weighted by atomic mass is 10.2. The van der Waals surface area contributed by atoms with E-state index in [4.69, 9.17) is 9.15 Å². The Morgan fingerprint density at radius 3 is 2.15 bits per heavy atom. The maximum absolute atomic E-state index is 12.3. The second kappa shape index (κ2) is 9.08. The highest BCUT2D eigenvalue weighted by molar-refractivity contribution is 5.78. The molecule has 1 aromatic heterocycles. The van der Waals surface area contributed by atoms with E-state index in [0.29, 0.717) is 52.0 Å². The maximum Gasteiger partial charge on any atom is 0.226 e. The molecule has 1 fully saturated rings. The average molecular weight is 356 g/mol. The fourth-order valence-electron chi connectivity index (χ4n) is 2.98. The maximum atomic E-state index is 12.3. The van der Waals surface area contributed by atoms with Crippen LogP contribution < -0.4 is 4.74 Å². The van der Waals surface area contributed by atoms with Gasteiger partial charge in [0.25, 0.3) is 0 Å². The number of piperazine rings is 1. The lowest BCUT2D eigenvalue weighted by Crippen LogP contribution is -2.50. The SMILES string of the molecule is O=C(CCOc1ccccc1)N1CCN(C(=O)CCc2ccco2)CC1. The Bertz CT molecular complexity index is 692. The summed E-state index contributed by atoms with van der Waals surface area (Å²) in [7, 11) is 0. The number of rotatable bonds is 7. The molecule has 138 valence electrons. The van der Waals surface area contributed by atoms with E-state index in [2.05, 4.69) is 0 Å². The number of hydrogen-bond acceptors (Lipinski definition) is 4. The largest absolute Gasteiger partial charge is 0.493 e. The number of carbonyl (C=O) groups is 2. The van der Waals surface area contributed by atoms with Crippen molar-refractivity contribution in [3.05, 3.63) is 54.5 Å². The van der Waals surface area contributed by atoms with Crippen molar-refractivity contribution in [1.82, 2.24) is 9.80 Å². The Kier molecular flexibility index (Phi) is 6.30. The molecule has 0 radical (unpaired) electrons. The molecule has 6 nitrogen and oxygen atoms in total. The number of carbonyl (C=O) groups excluding carboxylic acids is 2. The van der Waals surface area contributed by atoms with E-state index in [1.165, 1.54) is 0 Å². The second-order valence-electron chi connectivity index (χ2n) is 6.25. The van der Waals surface area contributed by atoms with Gasteiger partial charge in [-0.3, -0.25) is 9.59 Å². The molecule has 0 saturated carbocycles. The van der Waals surface area contributed by atoms with Crippen molar-refractivity contribution in [2.75, 3.05) is 32.8 Å². The molecule has 1 aromatic carbocycles. The summed E-state index contributed by atoms with van der Waals surface area (Å²) in [4.78, 5) is 28.2. The molecule has 0 unspecified atom stereocenters. The van der Waals surface area contributed by atoms with Crippen LogP contribution in [0.4, 0.5) is 0 Å². The monoisotopic (exact) mass is 356 g/mol. The van der Waals surface area contributed by atoms with Gasteiger partial charge in [0.05, 0.1) is 19.3 Å². The normalized spacial score (nSPS) is 14.3. The summed E-state index contributed by atoms with van der Waals surface area (Å²) in [5, 5.41) is 0. The number of furan rings is 1. The van der Waals surface area contributed by atoms with Crippen molar-refractivity contribution in [2.45, 2.75) is 19.3 Å². The Labute approximate surface area is 153 Å². The summed E-state index contributed by atoms with van der Waals surface area (Å²) in [6.07, 6.45) is 3.02. The van der Waals surface area contributed by atoms with E-state index in [1.807, 2.05) is 52.3 Å². The van der Waals surface area contributed by atoms with E-state index in [9.17, 15) is 9.59 Å². The highest BCUT2D eigenvalue weighted by atomic mass is 16.5. The van der Waals surface area contributed by atoms with Crippen LogP contribution in [0.3, 0.4) is 0 Å². The van der Waals surface area contributed by atoms with Crippen molar-refractivity contribution in [2.24, 2.45) is 0 Å². The Morgan fingerprint density at radius 1 is 0.885 bits per heavy atom. The van der Waals surface area contributed by atoms with Gasteiger partial charge in [-0.1, -0.05) is 18.2 Å². The van der Waals surface area contributed by atoms with Gasteiger partial charge >= 0.3 is 0 Å². The molecular weight excluding hydrogens is 332 g/mol. The molecular formula is C20H24N2O4. The molecule has 2 heterocycles. The number of amides is 2. The van der Waals surface area contributed by atoms with Crippen LogP contribution in [0.1, 0.15) is 18.6 Å². The van der Waals surface area contributed by atoms with Gasteiger partial charge in [0, 0.05) is 39.0 Å². The van der Waals surface area contributed by atoms with Crippen LogP contribution in [0.15, 0.2) is 53.1 Å². The minimum atomic E-state index is 0.0728. The van der Waals surface area contributed by atoms with E-state index in [0.717, 1.165) is 11.5 Å². The van der Waals surface area contributed by atoms with Crippen LogP contribution in [0.2, 0.25) is 0 Å². The van der Waals surface area contributed by atoms with E-state index in [-0.39, 0.29) is 11.8 Å². The van der Waals surface area contributed by atoms with Gasteiger partial charge < -0.3 is 19.0 Å². The third-order valence-corrected chi connectivity index (χ3v) is 4.48. The molecule has 0 spiro atoms. The third kappa shape index (κ3) is 5.12. The van der Waals surface area contributed by atoms with E-state index in [1.54, 1.807) is 6.26 Å². The first-order valence-corrected chi connectivity index (χ1v) is 8.98. The fraction of sp³-hybridized carbons (Fsp3) is 0.400. The van der Waals surface area contributed by atoms with Crippen LogP contribution in [0.5, 0.6) is 5.75 Å². The molecule has 0 N–H and O–H groups in total. The zero-order chi connectivity index (χ0) is 18.2. The second-order valence-corrected chi connectivity index (χ2v) is 6.25. The topological polar surface area (TPSA) is 63.0 Å². The summed E-state index contributed by atoms with van der Waals surface area (Å²) in [6, 6.07) is 13.2. The predicted octanol–water partition coefficient (Wildman–Crippen LogP) is 2.35. The van der Waals surface area contributed by atoms with Gasteiger partial charge in [-0.05, 0) is 24.3 Å². The summed E-state index contributed by atoms with van der Waals surface area (Å²) in [5.74, 6) is 1.78. The molecule has 6 heteroatoms. The quantitative estimate of drug-likeness (QED) is 0.764.